The lowest BCUT2D eigenvalue weighted by Crippen LogP contribution is -2.08. The quantitative estimate of drug-likeness (QED) is 0.423. The van der Waals surface area contributed by atoms with Gasteiger partial charge < -0.3 is 9.47 Å². The molecule has 6 nitrogen and oxygen atoms in total. The first-order chi connectivity index (χ1) is 11.3. The predicted molar refractivity (Wildman–Crippen MR) is 87.6 cm³/mol. The van der Waals surface area contributed by atoms with Crippen molar-refractivity contribution < 1.29 is 23.6 Å². The molecule has 1 atom stereocenters. The normalized spacial score (nSPS) is 11.7. The minimum Gasteiger partial charge on any atom is -0.485 e. The summed E-state index contributed by atoms with van der Waals surface area (Å²) in [7, 11) is 1.13. The van der Waals surface area contributed by atoms with Crippen LogP contribution in [-0.4, -0.2) is 18.0 Å². The van der Waals surface area contributed by atoms with Gasteiger partial charge in [0.15, 0.2) is 0 Å². The molecule has 2 aromatic carbocycles. The summed E-state index contributed by atoms with van der Waals surface area (Å²) in [4.78, 5) is 22.2. The maximum Gasteiger partial charge on any atom is 0.345 e. The minimum atomic E-state index is -0.839. The van der Waals surface area contributed by atoms with E-state index in [0.717, 1.165) is 7.11 Å². The van der Waals surface area contributed by atoms with Crippen LogP contribution in [0.15, 0.2) is 40.9 Å². The first kappa shape index (κ1) is 17.9. The molecule has 2 aromatic rings. The van der Waals surface area contributed by atoms with Gasteiger partial charge in [-0.15, -0.1) is 0 Å². The molecular weight excluding hydrogens is 385 g/mol. The van der Waals surface area contributed by atoms with Crippen LogP contribution in [0.5, 0.6) is 5.75 Å². The second-order valence-corrected chi connectivity index (χ2v) is 5.71. The number of ether oxygens (including phenoxy) is 2. The average Bonchev–Trinajstić information content (AvgIpc) is 2.55. The Bertz CT molecular complexity index is 779. The summed E-state index contributed by atoms with van der Waals surface area (Å²) >= 11 is 3.19. The standard InChI is InChI=1S/C16H13BrFNO5/c1-9(10-3-5-11(18)6-4-10)24-15-7-12(16(20)23-2)14(19(21)22)8-13(15)17/h3-9H,1-2H3/t9-/m0/s1. The number of hydrogen-bond donors (Lipinski definition) is 0. The SMILES string of the molecule is COC(=O)c1cc(O[C@@H](C)c2ccc(F)cc2)c(Br)cc1[N+](=O)[O-]. The first-order valence-corrected chi connectivity index (χ1v) is 7.61. The van der Waals surface area contributed by atoms with Crippen LogP contribution in [0.2, 0.25) is 0 Å². The highest BCUT2D eigenvalue weighted by Crippen LogP contribution is 2.35. The third-order valence-electron chi connectivity index (χ3n) is 3.30. The van der Waals surface area contributed by atoms with Crippen molar-refractivity contribution in [3.05, 3.63) is 67.9 Å². The molecule has 0 aliphatic carbocycles. The lowest BCUT2D eigenvalue weighted by Gasteiger charge is -2.17. The number of esters is 1. The van der Waals surface area contributed by atoms with E-state index in [1.54, 1.807) is 19.1 Å². The fraction of sp³-hybridized carbons (Fsp3) is 0.188. The van der Waals surface area contributed by atoms with Gasteiger partial charge in [-0.25, -0.2) is 9.18 Å². The van der Waals surface area contributed by atoms with Crippen LogP contribution in [0.4, 0.5) is 10.1 Å². The Hall–Kier alpha value is -2.48. The van der Waals surface area contributed by atoms with Gasteiger partial charge in [0.2, 0.25) is 0 Å². The fourth-order valence-corrected chi connectivity index (χ4v) is 2.47. The van der Waals surface area contributed by atoms with E-state index in [-0.39, 0.29) is 17.1 Å². The van der Waals surface area contributed by atoms with Crippen molar-refractivity contribution in [3.8, 4) is 5.75 Å². The monoisotopic (exact) mass is 397 g/mol. The number of methoxy groups -OCH3 is 1. The highest BCUT2D eigenvalue weighted by atomic mass is 79.9. The van der Waals surface area contributed by atoms with E-state index in [2.05, 4.69) is 20.7 Å². The number of hydrogen-bond acceptors (Lipinski definition) is 5. The zero-order valence-electron chi connectivity index (χ0n) is 12.8. The molecule has 0 amide bonds. The Morgan fingerprint density at radius 2 is 1.92 bits per heavy atom. The summed E-state index contributed by atoms with van der Waals surface area (Å²) in [5, 5.41) is 11.1. The zero-order chi connectivity index (χ0) is 17.9. The van der Waals surface area contributed by atoms with Crippen molar-refractivity contribution in [2.45, 2.75) is 13.0 Å². The van der Waals surface area contributed by atoms with E-state index >= 15 is 0 Å². The smallest absolute Gasteiger partial charge is 0.345 e. The second-order valence-electron chi connectivity index (χ2n) is 4.86. The average molecular weight is 398 g/mol. The molecule has 0 aliphatic heterocycles. The van der Waals surface area contributed by atoms with Gasteiger partial charge >= 0.3 is 5.97 Å². The van der Waals surface area contributed by atoms with E-state index in [1.165, 1.54) is 24.3 Å². The molecule has 0 unspecified atom stereocenters. The van der Waals surface area contributed by atoms with Crippen molar-refractivity contribution in [2.24, 2.45) is 0 Å². The van der Waals surface area contributed by atoms with Gasteiger partial charge in [0, 0.05) is 12.1 Å². The molecule has 0 N–H and O–H groups in total. The molecule has 0 aliphatic rings. The van der Waals surface area contributed by atoms with Crippen molar-refractivity contribution in [1.29, 1.82) is 0 Å². The van der Waals surface area contributed by atoms with Crippen LogP contribution in [-0.2, 0) is 4.74 Å². The van der Waals surface area contributed by atoms with Crippen molar-refractivity contribution in [1.82, 2.24) is 0 Å². The zero-order valence-corrected chi connectivity index (χ0v) is 14.4. The molecule has 0 spiro atoms. The van der Waals surface area contributed by atoms with Crippen LogP contribution in [0.25, 0.3) is 0 Å². The lowest BCUT2D eigenvalue weighted by molar-refractivity contribution is -0.385. The van der Waals surface area contributed by atoms with E-state index < -0.39 is 22.7 Å². The summed E-state index contributed by atoms with van der Waals surface area (Å²) in [5.74, 6) is -0.971. The molecular formula is C16H13BrFNO5. The third kappa shape index (κ3) is 3.88. The number of nitrogens with zero attached hydrogens (tertiary/aromatic N) is 1. The van der Waals surface area contributed by atoms with Gasteiger partial charge in [-0.05, 0) is 40.5 Å². The van der Waals surface area contributed by atoms with Gasteiger partial charge in [-0.3, -0.25) is 10.1 Å². The topological polar surface area (TPSA) is 78.7 Å². The van der Waals surface area contributed by atoms with Gasteiger partial charge in [0.05, 0.1) is 16.5 Å². The van der Waals surface area contributed by atoms with Crippen molar-refractivity contribution in [3.63, 3.8) is 0 Å². The molecule has 0 saturated heterocycles. The molecule has 0 heterocycles. The Morgan fingerprint density at radius 3 is 2.46 bits per heavy atom. The minimum absolute atomic E-state index is 0.216. The van der Waals surface area contributed by atoms with E-state index in [0.29, 0.717) is 10.0 Å². The maximum absolute atomic E-state index is 13.0. The van der Waals surface area contributed by atoms with E-state index in [1.807, 2.05) is 0 Å². The molecule has 0 radical (unpaired) electrons. The Labute approximate surface area is 145 Å². The Morgan fingerprint density at radius 1 is 1.29 bits per heavy atom. The fourth-order valence-electron chi connectivity index (χ4n) is 2.05. The highest BCUT2D eigenvalue weighted by molar-refractivity contribution is 9.10. The van der Waals surface area contributed by atoms with Crippen molar-refractivity contribution >= 4 is 27.6 Å². The molecule has 126 valence electrons. The summed E-state index contributed by atoms with van der Waals surface area (Å²) < 4.78 is 23.6. The van der Waals surface area contributed by atoms with E-state index in [4.69, 9.17) is 4.74 Å². The van der Waals surface area contributed by atoms with E-state index in [9.17, 15) is 19.3 Å². The van der Waals surface area contributed by atoms with Crippen LogP contribution >= 0.6 is 15.9 Å². The molecule has 0 saturated carbocycles. The Kier molecular flexibility index (Phi) is 5.50. The molecule has 0 fully saturated rings. The highest BCUT2D eigenvalue weighted by Gasteiger charge is 2.25. The van der Waals surface area contributed by atoms with Gasteiger partial charge in [0.1, 0.15) is 23.2 Å². The maximum atomic E-state index is 13.0. The molecule has 8 heteroatoms. The van der Waals surface area contributed by atoms with Crippen LogP contribution in [0, 0.1) is 15.9 Å². The van der Waals surface area contributed by atoms with Crippen LogP contribution in [0.3, 0.4) is 0 Å². The number of nitro benzene ring substituents is 1. The molecule has 24 heavy (non-hydrogen) atoms. The van der Waals surface area contributed by atoms with Crippen molar-refractivity contribution in [2.75, 3.05) is 7.11 Å². The number of carbonyl (C=O) groups is 1. The summed E-state index contributed by atoms with van der Waals surface area (Å²) in [6.45, 7) is 1.74. The molecule has 0 aromatic heterocycles. The predicted octanol–water partition coefficient (Wildman–Crippen LogP) is 4.42. The van der Waals surface area contributed by atoms with Crippen LogP contribution in [0.1, 0.15) is 28.9 Å². The summed E-state index contributed by atoms with van der Waals surface area (Å²) in [6.07, 6.45) is -0.464. The summed E-state index contributed by atoms with van der Waals surface area (Å²) in [6, 6.07) is 8.17. The number of nitro groups is 1. The first-order valence-electron chi connectivity index (χ1n) is 6.82. The number of benzene rings is 2. The number of halogens is 2. The Balaban J connectivity index is 2.37. The summed E-state index contributed by atoms with van der Waals surface area (Å²) in [5.41, 5.74) is 0.101. The van der Waals surface area contributed by atoms with Gasteiger partial charge in [-0.1, -0.05) is 12.1 Å². The van der Waals surface area contributed by atoms with Crippen LogP contribution < -0.4 is 4.74 Å². The third-order valence-corrected chi connectivity index (χ3v) is 3.92. The molecule has 0 bridgehead atoms. The largest absolute Gasteiger partial charge is 0.485 e. The second kappa shape index (κ2) is 7.39. The van der Waals surface area contributed by atoms with Gasteiger partial charge in [-0.2, -0.15) is 0 Å². The molecule has 2 rings (SSSR count). The number of rotatable bonds is 5. The lowest BCUT2D eigenvalue weighted by atomic mass is 10.1. The van der Waals surface area contributed by atoms with Gasteiger partial charge in [0.25, 0.3) is 5.69 Å². The number of carbonyl (C=O) groups excluding carboxylic acids is 1.